The summed E-state index contributed by atoms with van der Waals surface area (Å²) in [6, 6.07) is 0. The van der Waals surface area contributed by atoms with E-state index < -0.39 is 0 Å². The van der Waals surface area contributed by atoms with Crippen LogP contribution in [-0.2, 0) is 0 Å². The summed E-state index contributed by atoms with van der Waals surface area (Å²) in [5, 5.41) is 17.2. The van der Waals surface area contributed by atoms with Gasteiger partial charge in [-0.25, -0.2) is 0 Å². The quantitative estimate of drug-likeness (QED) is 0.486. The van der Waals surface area contributed by atoms with Crippen LogP contribution in [-0.4, -0.2) is 13.7 Å². The van der Waals surface area contributed by atoms with Crippen LogP contribution >= 0.6 is 0 Å². The summed E-state index contributed by atoms with van der Waals surface area (Å²) in [6.07, 6.45) is 0. The molecule has 0 amide bonds. The number of hydrogen-bond donors (Lipinski definition) is 0. The summed E-state index contributed by atoms with van der Waals surface area (Å²) in [7, 11) is 0.750. The molecule has 0 aromatic heterocycles. The van der Waals surface area contributed by atoms with Gasteiger partial charge in [0.1, 0.15) is 0 Å². The van der Waals surface area contributed by atoms with Crippen molar-refractivity contribution in [2.45, 2.75) is 6.92 Å². The third-order valence-electron chi connectivity index (χ3n) is 0. The van der Waals surface area contributed by atoms with Crippen LogP contribution in [0, 0.1) is 41.7 Å². The molecule has 6 heavy (non-hydrogen) atoms. The van der Waals surface area contributed by atoms with E-state index in [9.17, 15) is 0 Å². The van der Waals surface area contributed by atoms with Crippen molar-refractivity contribution in [3.05, 3.63) is 0 Å². The number of rotatable bonds is 0. The SMILES string of the molecule is CC[O-].C[O-].[Ce+4]. The average molecular weight is 216 g/mol. The van der Waals surface area contributed by atoms with Gasteiger partial charge in [0.25, 0.3) is 0 Å². The fourth-order valence-electron chi connectivity index (χ4n) is 0. The van der Waals surface area contributed by atoms with Crippen molar-refractivity contribution in [2.24, 2.45) is 0 Å². The summed E-state index contributed by atoms with van der Waals surface area (Å²) < 4.78 is 0. The molecule has 0 N–H and O–H groups in total. The van der Waals surface area contributed by atoms with Crippen molar-refractivity contribution in [1.29, 1.82) is 0 Å². The maximum absolute atomic E-state index is 8.93. The molecule has 0 bridgehead atoms. The Morgan fingerprint density at radius 1 is 1.33 bits per heavy atom. The molecule has 0 radical (unpaired) electrons. The molecule has 3 heteroatoms. The van der Waals surface area contributed by atoms with Gasteiger partial charge in [0, 0.05) is 0 Å². The Labute approximate surface area is 71.9 Å². The molecule has 0 aliphatic heterocycles. The first-order valence-electron chi connectivity index (χ1n) is 1.40. The maximum Gasteiger partial charge on any atom is 4.00 e. The summed E-state index contributed by atoms with van der Waals surface area (Å²) in [5.74, 6) is 0. The van der Waals surface area contributed by atoms with Crippen molar-refractivity contribution in [1.82, 2.24) is 0 Å². The van der Waals surface area contributed by atoms with Gasteiger partial charge in [-0.3, -0.25) is 0 Å². The van der Waals surface area contributed by atoms with Gasteiger partial charge < -0.3 is 10.2 Å². The van der Waals surface area contributed by atoms with E-state index in [1.165, 1.54) is 0 Å². The Kier molecular flexibility index (Phi) is 87.5. The van der Waals surface area contributed by atoms with Crippen LogP contribution in [0.4, 0.5) is 0 Å². The molecular formula is C3H8CeO2+2. The molecule has 0 atom stereocenters. The van der Waals surface area contributed by atoms with Gasteiger partial charge in [-0.15, -0.1) is 6.61 Å². The number of hydrogen-bond acceptors (Lipinski definition) is 2. The van der Waals surface area contributed by atoms with Crippen LogP contribution in [0.2, 0.25) is 0 Å². The fourth-order valence-corrected chi connectivity index (χ4v) is 0. The summed E-state index contributed by atoms with van der Waals surface area (Å²) >= 11 is 0. The van der Waals surface area contributed by atoms with Gasteiger partial charge in [0.05, 0.1) is 0 Å². The third kappa shape index (κ3) is 58.2. The van der Waals surface area contributed by atoms with Gasteiger partial charge in [-0.05, 0) is 0 Å². The Balaban J connectivity index is -0.0000000275. The third-order valence-corrected chi connectivity index (χ3v) is 0. The molecule has 2 nitrogen and oxygen atoms in total. The molecule has 0 unspecified atom stereocenters. The summed E-state index contributed by atoms with van der Waals surface area (Å²) in [5.41, 5.74) is 0. The summed E-state index contributed by atoms with van der Waals surface area (Å²) in [6.45, 7) is 1.57. The van der Waals surface area contributed by atoms with Crippen LogP contribution in [0.3, 0.4) is 0 Å². The maximum atomic E-state index is 8.93. The molecule has 0 aliphatic carbocycles. The van der Waals surface area contributed by atoms with Crippen LogP contribution in [0.25, 0.3) is 0 Å². The van der Waals surface area contributed by atoms with Gasteiger partial charge in [-0.1, -0.05) is 6.92 Å². The van der Waals surface area contributed by atoms with Crippen molar-refractivity contribution >= 4 is 0 Å². The molecular weight excluding hydrogens is 208 g/mol. The van der Waals surface area contributed by atoms with Gasteiger partial charge >= 0.3 is 41.7 Å². The molecule has 0 saturated carbocycles. The second kappa shape index (κ2) is 33.5. The normalized spacial score (nSPS) is 4.00. The van der Waals surface area contributed by atoms with Gasteiger partial charge in [0.2, 0.25) is 0 Å². The fraction of sp³-hybridized carbons (Fsp3) is 1.00. The Bertz CT molecular complexity index is 8.75. The zero-order valence-electron chi connectivity index (χ0n) is 4.02. The Hall–Kier alpha value is 1.30. The van der Waals surface area contributed by atoms with E-state index in [2.05, 4.69) is 0 Å². The Morgan fingerprint density at radius 3 is 1.33 bits per heavy atom. The standard InChI is InChI=1S/C2H5O.CH3O.Ce/c1-2-3;1-2;/h2H2,1H3;1H3;/q2*-1;+4. The first-order valence-corrected chi connectivity index (χ1v) is 1.40. The van der Waals surface area contributed by atoms with Crippen molar-refractivity contribution in [3.8, 4) is 0 Å². The van der Waals surface area contributed by atoms with Crippen molar-refractivity contribution in [3.63, 3.8) is 0 Å². The van der Waals surface area contributed by atoms with E-state index in [0.29, 0.717) is 0 Å². The monoisotopic (exact) mass is 216 g/mol. The van der Waals surface area contributed by atoms with Crippen molar-refractivity contribution < 1.29 is 52.0 Å². The largest absolute Gasteiger partial charge is 4.00 e. The Morgan fingerprint density at radius 2 is 1.33 bits per heavy atom. The predicted molar refractivity (Wildman–Crippen MR) is 16.5 cm³/mol. The minimum absolute atomic E-state index is 0. The van der Waals surface area contributed by atoms with Gasteiger partial charge in [0.15, 0.2) is 0 Å². The summed E-state index contributed by atoms with van der Waals surface area (Å²) in [4.78, 5) is 0. The van der Waals surface area contributed by atoms with E-state index in [4.69, 9.17) is 10.2 Å². The molecule has 0 spiro atoms. The molecule has 34 valence electrons. The molecule has 0 aromatic carbocycles. The molecule has 0 rings (SSSR count). The zero-order chi connectivity index (χ0) is 4.71. The van der Waals surface area contributed by atoms with Gasteiger partial charge in [-0.2, -0.15) is 7.11 Å². The minimum atomic E-state index is 0. The van der Waals surface area contributed by atoms with E-state index in [-0.39, 0.29) is 48.4 Å². The molecule has 0 aromatic rings. The van der Waals surface area contributed by atoms with E-state index in [0.717, 1.165) is 7.11 Å². The average Bonchev–Trinajstić information content (AvgIpc) is 1.46. The molecule has 0 saturated heterocycles. The molecule has 0 fully saturated rings. The smallest absolute Gasteiger partial charge is 0.857 e. The van der Waals surface area contributed by atoms with Crippen LogP contribution in [0.1, 0.15) is 6.92 Å². The predicted octanol–water partition coefficient (Wildman–Crippen LogP) is -1.66. The van der Waals surface area contributed by atoms with Crippen LogP contribution in [0.5, 0.6) is 0 Å². The van der Waals surface area contributed by atoms with E-state index >= 15 is 0 Å². The van der Waals surface area contributed by atoms with E-state index in [1.54, 1.807) is 6.92 Å². The minimum Gasteiger partial charge on any atom is -0.857 e. The van der Waals surface area contributed by atoms with Crippen molar-refractivity contribution in [2.75, 3.05) is 13.7 Å². The first-order chi connectivity index (χ1) is 2.41. The molecule has 0 aliphatic rings. The second-order valence-corrected chi connectivity index (χ2v) is 0.289. The first kappa shape index (κ1) is 15.7. The van der Waals surface area contributed by atoms with Crippen LogP contribution in [0.15, 0.2) is 0 Å². The second-order valence-electron chi connectivity index (χ2n) is 0.289. The van der Waals surface area contributed by atoms with E-state index in [1.807, 2.05) is 0 Å². The van der Waals surface area contributed by atoms with Crippen LogP contribution < -0.4 is 10.2 Å². The topological polar surface area (TPSA) is 46.1 Å². The molecule has 0 heterocycles. The zero-order valence-corrected chi connectivity index (χ0v) is 7.16.